The van der Waals surface area contributed by atoms with E-state index in [1.54, 1.807) is 12.0 Å². The van der Waals surface area contributed by atoms with E-state index >= 15 is 0 Å². The molecular weight excluding hydrogens is 384 g/mol. The van der Waals surface area contributed by atoms with Crippen LogP contribution in [0, 0.1) is 16.7 Å². The molecule has 0 N–H and O–H groups in total. The van der Waals surface area contributed by atoms with Crippen LogP contribution >= 0.6 is 15.9 Å². The van der Waals surface area contributed by atoms with Crippen molar-refractivity contribution in [3.63, 3.8) is 0 Å². The number of piperidine rings is 1. The number of nitrogens with zero attached hydrogens (tertiary/aromatic N) is 2. The van der Waals surface area contributed by atoms with Crippen molar-refractivity contribution in [3.8, 4) is 11.8 Å². The third-order valence-corrected chi connectivity index (χ3v) is 5.16. The second-order valence-corrected chi connectivity index (χ2v) is 8.31. The summed E-state index contributed by atoms with van der Waals surface area (Å²) < 4.78 is 11.8. The van der Waals surface area contributed by atoms with Crippen LogP contribution in [-0.4, -0.2) is 36.8 Å². The number of halogens is 1. The Kier molecular flexibility index (Phi) is 5.99. The van der Waals surface area contributed by atoms with Gasteiger partial charge < -0.3 is 14.4 Å². The van der Waals surface area contributed by atoms with Crippen LogP contribution < -0.4 is 4.74 Å². The van der Waals surface area contributed by atoms with Crippen molar-refractivity contribution in [3.05, 3.63) is 28.2 Å². The lowest BCUT2D eigenvalue weighted by Gasteiger charge is -2.38. The SMILES string of the molecule is COc1cccc(Br)c1CC1(C#N)CCN(C(=O)OC(C)(C)C)CC1. The monoisotopic (exact) mass is 408 g/mol. The first-order valence-corrected chi connectivity index (χ1v) is 9.19. The minimum atomic E-state index is -0.511. The molecule has 0 bridgehead atoms. The van der Waals surface area contributed by atoms with Crippen LogP contribution in [0.15, 0.2) is 22.7 Å². The molecule has 6 heteroatoms. The van der Waals surface area contributed by atoms with Crippen LogP contribution in [0.5, 0.6) is 5.75 Å². The van der Waals surface area contributed by atoms with Crippen molar-refractivity contribution in [2.45, 2.75) is 45.6 Å². The molecule has 25 heavy (non-hydrogen) atoms. The van der Waals surface area contributed by atoms with Gasteiger partial charge in [-0.1, -0.05) is 22.0 Å². The van der Waals surface area contributed by atoms with E-state index in [-0.39, 0.29) is 6.09 Å². The summed E-state index contributed by atoms with van der Waals surface area (Å²) in [7, 11) is 1.63. The summed E-state index contributed by atoms with van der Waals surface area (Å²) in [6.07, 6.45) is 1.52. The summed E-state index contributed by atoms with van der Waals surface area (Å²) in [5, 5.41) is 9.83. The minimum Gasteiger partial charge on any atom is -0.496 e. The van der Waals surface area contributed by atoms with E-state index in [1.807, 2.05) is 39.0 Å². The number of benzene rings is 1. The van der Waals surface area contributed by atoms with Gasteiger partial charge in [-0.15, -0.1) is 0 Å². The Morgan fingerprint density at radius 3 is 2.52 bits per heavy atom. The van der Waals surface area contributed by atoms with E-state index in [0.29, 0.717) is 32.4 Å². The Bertz CT molecular complexity index is 668. The standard InChI is InChI=1S/C19H25BrN2O3/c1-18(2,3)25-17(23)22-10-8-19(13-21,9-11-22)12-14-15(20)6-5-7-16(14)24-4/h5-7H,8-12H2,1-4H3. The first-order chi connectivity index (χ1) is 11.7. The second-order valence-electron chi connectivity index (χ2n) is 7.46. The highest BCUT2D eigenvalue weighted by Gasteiger charge is 2.38. The second kappa shape index (κ2) is 7.65. The molecule has 0 saturated carbocycles. The Morgan fingerprint density at radius 2 is 2.00 bits per heavy atom. The van der Waals surface area contributed by atoms with Gasteiger partial charge in [-0.05, 0) is 52.2 Å². The molecule has 5 nitrogen and oxygen atoms in total. The molecule has 1 aromatic carbocycles. The predicted octanol–water partition coefficient (Wildman–Crippen LogP) is 4.54. The number of rotatable bonds is 3. The lowest BCUT2D eigenvalue weighted by molar-refractivity contribution is 0.0148. The average Bonchev–Trinajstić information content (AvgIpc) is 2.55. The maximum absolute atomic E-state index is 12.2. The van der Waals surface area contributed by atoms with Crippen LogP contribution in [-0.2, 0) is 11.2 Å². The summed E-state index contributed by atoms with van der Waals surface area (Å²) in [4.78, 5) is 13.9. The summed E-state index contributed by atoms with van der Waals surface area (Å²) >= 11 is 3.56. The molecular formula is C19H25BrN2O3. The van der Waals surface area contributed by atoms with Crippen molar-refractivity contribution in [2.75, 3.05) is 20.2 Å². The Balaban J connectivity index is 2.10. The number of likely N-dealkylation sites (tertiary alicyclic amines) is 1. The minimum absolute atomic E-state index is 0.308. The van der Waals surface area contributed by atoms with E-state index < -0.39 is 11.0 Å². The van der Waals surface area contributed by atoms with E-state index in [9.17, 15) is 10.1 Å². The molecule has 1 aromatic rings. The Hall–Kier alpha value is -1.74. The predicted molar refractivity (Wildman–Crippen MR) is 99.5 cm³/mol. The van der Waals surface area contributed by atoms with Crippen molar-refractivity contribution in [2.24, 2.45) is 5.41 Å². The third-order valence-electron chi connectivity index (χ3n) is 4.42. The molecule has 136 valence electrons. The first kappa shape index (κ1) is 19.6. The highest BCUT2D eigenvalue weighted by molar-refractivity contribution is 9.10. The van der Waals surface area contributed by atoms with Crippen molar-refractivity contribution in [1.82, 2.24) is 4.90 Å². The molecule has 1 amide bonds. The van der Waals surface area contributed by atoms with Gasteiger partial charge in [-0.25, -0.2) is 4.79 Å². The van der Waals surface area contributed by atoms with E-state index in [2.05, 4.69) is 22.0 Å². The van der Waals surface area contributed by atoms with Gasteiger partial charge >= 0.3 is 6.09 Å². The number of hydrogen-bond acceptors (Lipinski definition) is 4. The molecule has 1 heterocycles. The van der Waals surface area contributed by atoms with Gasteiger partial charge in [0.1, 0.15) is 11.4 Å². The number of methoxy groups -OCH3 is 1. The van der Waals surface area contributed by atoms with Crippen LogP contribution in [0.4, 0.5) is 4.79 Å². The number of nitriles is 1. The van der Waals surface area contributed by atoms with Gasteiger partial charge in [0.05, 0.1) is 18.6 Å². The molecule has 1 saturated heterocycles. The average molecular weight is 409 g/mol. The van der Waals surface area contributed by atoms with Crippen LogP contribution in [0.2, 0.25) is 0 Å². The summed E-state index contributed by atoms with van der Waals surface area (Å²) in [6, 6.07) is 8.27. The van der Waals surface area contributed by atoms with Crippen LogP contribution in [0.25, 0.3) is 0 Å². The largest absolute Gasteiger partial charge is 0.496 e. The van der Waals surface area contributed by atoms with E-state index in [4.69, 9.17) is 9.47 Å². The molecule has 0 atom stereocenters. The zero-order chi connectivity index (χ0) is 18.7. The van der Waals surface area contributed by atoms with Gasteiger partial charge in [0.15, 0.2) is 0 Å². The fourth-order valence-electron chi connectivity index (χ4n) is 3.01. The van der Waals surface area contributed by atoms with Gasteiger partial charge in [-0.2, -0.15) is 5.26 Å². The molecule has 0 aliphatic carbocycles. The highest BCUT2D eigenvalue weighted by Crippen LogP contribution is 2.39. The van der Waals surface area contributed by atoms with Gasteiger partial charge in [-0.3, -0.25) is 0 Å². The van der Waals surface area contributed by atoms with Crippen molar-refractivity contribution >= 4 is 22.0 Å². The summed E-state index contributed by atoms with van der Waals surface area (Å²) in [6.45, 7) is 6.61. The fourth-order valence-corrected chi connectivity index (χ4v) is 3.50. The van der Waals surface area contributed by atoms with Crippen molar-refractivity contribution in [1.29, 1.82) is 5.26 Å². The highest BCUT2D eigenvalue weighted by atomic mass is 79.9. The quantitative estimate of drug-likeness (QED) is 0.735. The maximum Gasteiger partial charge on any atom is 0.410 e. The molecule has 0 radical (unpaired) electrons. The molecule has 0 spiro atoms. The lowest BCUT2D eigenvalue weighted by Crippen LogP contribution is -2.45. The summed E-state index contributed by atoms with van der Waals surface area (Å²) in [5.74, 6) is 0.776. The number of ether oxygens (including phenoxy) is 2. The number of carbonyl (C=O) groups excluding carboxylic acids is 1. The number of hydrogen-bond donors (Lipinski definition) is 0. The molecule has 1 fully saturated rings. The third kappa shape index (κ3) is 4.88. The Morgan fingerprint density at radius 1 is 1.36 bits per heavy atom. The van der Waals surface area contributed by atoms with Crippen LogP contribution in [0.1, 0.15) is 39.2 Å². The zero-order valence-electron chi connectivity index (χ0n) is 15.3. The normalized spacial score (nSPS) is 16.9. The number of amides is 1. The van der Waals surface area contributed by atoms with Gasteiger partial charge in [0.25, 0.3) is 0 Å². The topological polar surface area (TPSA) is 62.6 Å². The van der Waals surface area contributed by atoms with E-state index in [0.717, 1.165) is 15.8 Å². The molecule has 0 unspecified atom stereocenters. The summed E-state index contributed by atoms with van der Waals surface area (Å²) in [5.41, 5.74) is -0.0176. The first-order valence-electron chi connectivity index (χ1n) is 8.40. The molecule has 1 aliphatic heterocycles. The van der Waals surface area contributed by atoms with Crippen LogP contribution in [0.3, 0.4) is 0 Å². The Labute approximate surface area is 158 Å². The zero-order valence-corrected chi connectivity index (χ0v) is 16.9. The maximum atomic E-state index is 12.2. The van der Waals surface area contributed by atoms with Gasteiger partial charge in [0, 0.05) is 23.1 Å². The lowest BCUT2D eigenvalue weighted by atomic mass is 9.75. The fraction of sp³-hybridized carbons (Fsp3) is 0.579. The molecule has 1 aliphatic rings. The van der Waals surface area contributed by atoms with Gasteiger partial charge in [0.2, 0.25) is 0 Å². The smallest absolute Gasteiger partial charge is 0.410 e. The van der Waals surface area contributed by atoms with Crippen molar-refractivity contribution < 1.29 is 14.3 Å². The number of carbonyl (C=O) groups is 1. The van der Waals surface area contributed by atoms with E-state index in [1.165, 1.54) is 0 Å². The molecule has 0 aromatic heterocycles. The molecule has 2 rings (SSSR count).